The molecule has 1 saturated heterocycles. The Bertz CT molecular complexity index is 666. The number of hydrogen-bond donors (Lipinski definition) is 2. The summed E-state index contributed by atoms with van der Waals surface area (Å²) in [4.78, 5) is 18.6. The van der Waals surface area contributed by atoms with Gasteiger partial charge in [-0.1, -0.05) is 30.3 Å². The molecule has 0 unspecified atom stereocenters. The minimum atomic E-state index is -0.347. The summed E-state index contributed by atoms with van der Waals surface area (Å²) in [5.41, 5.74) is 1.67. The first kappa shape index (κ1) is 16.9. The van der Waals surface area contributed by atoms with Gasteiger partial charge >= 0.3 is 0 Å². The highest BCUT2D eigenvalue weighted by molar-refractivity contribution is 7.13. The summed E-state index contributed by atoms with van der Waals surface area (Å²) in [5.74, 6) is 0.237. The van der Waals surface area contributed by atoms with Crippen molar-refractivity contribution in [2.24, 2.45) is 5.92 Å². The average molecular weight is 345 g/mol. The maximum atomic E-state index is 12.5. The standard InChI is InChI=1S/C18H23N3O2S/c1-19-18-20-15(12-24-18)17(23)21-9-7-14(8-10-21)16(22)11-13-5-3-2-4-6-13/h2-6,12,14,16,22H,7-11H2,1H3,(H,19,20)/t16-/m1/s1. The number of amides is 1. The van der Waals surface area contributed by atoms with Crippen LogP contribution in [-0.4, -0.2) is 47.1 Å². The minimum Gasteiger partial charge on any atom is -0.392 e. The van der Waals surface area contributed by atoms with Gasteiger partial charge in [-0.15, -0.1) is 11.3 Å². The van der Waals surface area contributed by atoms with Gasteiger partial charge in [0.1, 0.15) is 5.69 Å². The molecule has 0 radical (unpaired) electrons. The van der Waals surface area contributed by atoms with E-state index in [1.165, 1.54) is 11.3 Å². The van der Waals surface area contributed by atoms with E-state index in [4.69, 9.17) is 0 Å². The number of aliphatic hydroxyl groups excluding tert-OH is 1. The molecule has 1 aliphatic rings. The molecule has 1 aromatic heterocycles. The van der Waals surface area contributed by atoms with Gasteiger partial charge in [-0.2, -0.15) is 0 Å². The van der Waals surface area contributed by atoms with Gasteiger partial charge in [0.2, 0.25) is 0 Å². The lowest BCUT2D eigenvalue weighted by atomic mass is 9.88. The molecule has 24 heavy (non-hydrogen) atoms. The van der Waals surface area contributed by atoms with E-state index in [1.54, 1.807) is 12.4 Å². The van der Waals surface area contributed by atoms with Crippen LogP contribution in [0.4, 0.5) is 5.13 Å². The zero-order valence-electron chi connectivity index (χ0n) is 13.8. The number of likely N-dealkylation sites (tertiary alicyclic amines) is 1. The number of nitrogens with one attached hydrogen (secondary N) is 1. The molecule has 128 valence electrons. The Morgan fingerprint density at radius 2 is 2.08 bits per heavy atom. The highest BCUT2D eigenvalue weighted by Gasteiger charge is 2.28. The molecule has 2 N–H and O–H groups in total. The van der Waals surface area contributed by atoms with Gasteiger partial charge in [0.15, 0.2) is 5.13 Å². The number of aliphatic hydroxyl groups is 1. The van der Waals surface area contributed by atoms with Gasteiger partial charge in [-0.3, -0.25) is 4.79 Å². The summed E-state index contributed by atoms with van der Waals surface area (Å²) in [6, 6.07) is 10.1. The van der Waals surface area contributed by atoms with Crippen molar-refractivity contribution < 1.29 is 9.90 Å². The van der Waals surface area contributed by atoms with E-state index in [2.05, 4.69) is 10.3 Å². The van der Waals surface area contributed by atoms with Crippen molar-refractivity contribution >= 4 is 22.4 Å². The fourth-order valence-corrected chi connectivity index (χ4v) is 3.80. The smallest absolute Gasteiger partial charge is 0.273 e. The molecule has 1 amide bonds. The number of piperidine rings is 1. The molecular formula is C18H23N3O2S. The number of thiazole rings is 1. The number of rotatable bonds is 5. The second-order valence-electron chi connectivity index (χ2n) is 6.17. The summed E-state index contributed by atoms with van der Waals surface area (Å²) >= 11 is 1.44. The average Bonchev–Trinajstić information content (AvgIpc) is 3.11. The van der Waals surface area contributed by atoms with Crippen LogP contribution >= 0.6 is 11.3 Å². The Morgan fingerprint density at radius 1 is 1.38 bits per heavy atom. The molecule has 0 bridgehead atoms. The molecule has 0 aliphatic carbocycles. The Labute approximate surface area is 146 Å². The monoisotopic (exact) mass is 345 g/mol. The maximum absolute atomic E-state index is 12.5. The fourth-order valence-electron chi connectivity index (χ4n) is 3.16. The topological polar surface area (TPSA) is 65.5 Å². The molecule has 2 heterocycles. The molecule has 1 atom stereocenters. The van der Waals surface area contributed by atoms with Crippen molar-refractivity contribution in [3.63, 3.8) is 0 Å². The van der Waals surface area contributed by atoms with Crippen LogP contribution in [0.15, 0.2) is 35.7 Å². The van der Waals surface area contributed by atoms with Crippen molar-refractivity contribution in [1.29, 1.82) is 0 Å². The van der Waals surface area contributed by atoms with E-state index in [0.29, 0.717) is 25.2 Å². The third-order valence-electron chi connectivity index (χ3n) is 4.60. The molecule has 2 aromatic rings. The Hall–Kier alpha value is -1.92. The van der Waals surface area contributed by atoms with Crippen molar-refractivity contribution in [3.05, 3.63) is 47.0 Å². The zero-order chi connectivity index (χ0) is 16.9. The van der Waals surface area contributed by atoms with Gasteiger partial charge in [-0.05, 0) is 30.7 Å². The van der Waals surface area contributed by atoms with Gasteiger partial charge in [0, 0.05) is 25.5 Å². The van der Waals surface area contributed by atoms with E-state index in [1.807, 2.05) is 35.2 Å². The largest absolute Gasteiger partial charge is 0.392 e. The molecule has 0 spiro atoms. The second kappa shape index (κ2) is 7.77. The van der Waals surface area contributed by atoms with Crippen LogP contribution in [0.5, 0.6) is 0 Å². The molecule has 0 saturated carbocycles. The van der Waals surface area contributed by atoms with Gasteiger partial charge < -0.3 is 15.3 Å². The Kier molecular flexibility index (Phi) is 5.48. The Balaban J connectivity index is 1.52. The van der Waals surface area contributed by atoms with Crippen LogP contribution in [0.3, 0.4) is 0 Å². The maximum Gasteiger partial charge on any atom is 0.273 e. The lowest BCUT2D eigenvalue weighted by Crippen LogP contribution is -2.41. The van der Waals surface area contributed by atoms with Crippen LogP contribution in [-0.2, 0) is 6.42 Å². The molecule has 3 rings (SSSR count). The number of carbonyl (C=O) groups excluding carboxylic acids is 1. The van der Waals surface area contributed by atoms with Crippen molar-refractivity contribution in [1.82, 2.24) is 9.88 Å². The van der Waals surface area contributed by atoms with Crippen molar-refractivity contribution in [3.8, 4) is 0 Å². The highest BCUT2D eigenvalue weighted by Crippen LogP contribution is 2.25. The molecule has 1 aliphatic heterocycles. The molecular weight excluding hydrogens is 322 g/mol. The number of hydrogen-bond acceptors (Lipinski definition) is 5. The van der Waals surface area contributed by atoms with Crippen molar-refractivity contribution in [2.75, 3.05) is 25.5 Å². The molecule has 5 nitrogen and oxygen atoms in total. The third-order valence-corrected chi connectivity index (χ3v) is 5.46. The summed E-state index contributed by atoms with van der Waals surface area (Å²) in [7, 11) is 1.80. The van der Waals surface area contributed by atoms with E-state index in [-0.39, 0.29) is 17.9 Å². The van der Waals surface area contributed by atoms with Crippen LogP contribution in [0, 0.1) is 5.92 Å². The lowest BCUT2D eigenvalue weighted by molar-refractivity contribution is 0.0464. The van der Waals surface area contributed by atoms with Crippen LogP contribution in [0.2, 0.25) is 0 Å². The zero-order valence-corrected chi connectivity index (χ0v) is 14.6. The fraction of sp³-hybridized carbons (Fsp3) is 0.444. The predicted octanol–water partition coefficient (Wildman–Crippen LogP) is 2.64. The van der Waals surface area contributed by atoms with Gasteiger partial charge in [0.25, 0.3) is 5.91 Å². The number of nitrogens with zero attached hydrogens (tertiary/aromatic N) is 2. The van der Waals surface area contributed by atoms with Crippen molar-refractivity contribution in [2.45, 2.75) is 25.4 Å². The number of benzene rings is 1. The number of carbonyl (C=O) groups is 1. The van der Waals surface area contributed by atoms with Crippen LogP contribution in [0.25, 0.3) is 0 Å². The normalized spacial score (nSPS) is 16.8. The summed E-state index contributed by atoms with van der Waals surface area (Å²) in [5, 5.41) is 16.0. The first-order chi connectivity index (χ1) is 11.7. The van der Waals surface area contributed by atoms with E-state index < -0.39 is 0 Å². The minimum absolute atomic E-state index is 0.0104. The number of anilines is 1. The summed E-state index contributed by atoms with van der Waals surface area (Å²) in [6.07, 6.45) is 2.00. The van der Waals surface area contributed by atoms with Crippen LogP contribution < -0.4 is 5.32 Å². The number of aromatic nitrogens is 1. The highest BCUT2D eigenvalue weighted by atomic mass is 32.1. The van der Waals surface area contributed by atoms with Crippen LogP contribution in [0.1, 0.15) is 28.9 Å². The first-order valence-electron chi connectivity index (χ1n) is 8.32. The SMILES string of the molecule is CNc1nc(C(=O)N2CCC([C@H](O)Cc3ccccc3)CC2)cs1. The van der Waals surface area contributed by atoms with E-state index in [9.17, 15) is 9.90 Å². The predicted molar refractivity (Wildman–Crippen MR) is 96.4 cm³/mol. The summed E-state index contributed by atoms with van der Waals surface area (Å²) < 4.78 is 0. The second-order valence-corrected chi connectivity index (χ2v) is 7.03. The van der Waals surface area contributed by atoms with Gasteiger partial charge in [-0.25, -0.2) is 4.98 Å². The Morgan fingerprint density at radius 3 is 2.71 bits per heavy atom. The molecule has 6 heteroatoms. The lowest BCUT2D eigenvalue weighted by Gasteiger charge is -2.34. The molecule has 1 aromatic carbocycles. The third kappa shape index (κ3) is 3.94. The van der Waals surface area contributed by atoms with Gasteiger partial charge in [0.05, 0.1) is 6.10 Å². The first-order valence-corrected chi connectivity index (χ1v) is 9.20. The van der Waals surface area contributed by atoms with E-state index >= 15 is 0 Å². The molecule has 1 fully saturated rings. The van der Waals surface area contributed by atoms with E-state index in [0.717, 1.165) is 23.5 Å². The quantitative estimate of drug-likeness (QED) is 0.874. The summed E-state index contributed by atoms with van der Waals surface area (Å²) in [6.45, 7) is 1.36.